The summed E-state index contributed by atoms with van der Waals surface area (Å²) < 4.78 is 19.7. The fourth-order valence-electron chi connectivity index (χ4n) is 4.98. The van der Waals surface area contributed by atoms with E-state index < -0.39 is 0 Å². The van der Waals surface area contributed by atoms with Gasteiger partial charge in [0.25, 0.3) is 5.91 Å². The number of benzene rings is 2. The molecule has 4 aromatic rings. The third kappa shape index (κ3) is 6.44. The summed E-state index contributed by atoms with van der Waals surface area (Å²) in [5, 5.41) is 2.04. The SMILES string of the molecule is CN(Cc1cscn1)Cc1cc(-c2ccc(F)cc2)ccc1OCC(=O)N1CCCCC1c1cccnc1. The Hall–Kier alpha value is -3.62. The van der Waals surface area contributed by atoms with Crippen molar-refractivity contribution in [1.29, 1.82) is 0 Å². The smallest absolute Gasteiger partial charge is 0.261 e. The number of halogens is 1. The van der Waals surface area contributed by atoms with Crippen LogP contribution in [0.2, 0.25) is 0 Å². The van der Waals surface area contributed by atoms with Crippen molar-refractivity contribution in [3.05, 3.63) is 101 Å². The van der Waals surface area contributed by atoms with Gasteiger partial charge in [-0.15, -0.1) is 11.3 Å². The van der Waals surface area contributed by atoms with Gasteiger partial charge in [-0.2, -0.15) is 0 Å². The lowest BCUT2D eigenvalue weighted by molar-refractivity contribution is -0.137. The second-order valence-corrected chi connectivity index (χ2v) is 10.4. The Kier molecular flexibility index (Phi) is 8.41. The minimum atomic E-state index is -0.266. The van der Waals surface area contributed by atoms with Crippen molar-refractivity contribution < 1.29 is 13.9 Å². The molecule has 1 unspecified atom stereocenters. The van der Waals surface area contributed by atoms with E-state index >= 15 is 0 Å². The molecule has 0 bridgehead atoms. The summed E-state index contributed by atoms with van der Waals surface area (Å²) in [6.45, 7) is 1.99. The van der Waals surface area contributed by atoms with Crippen LogP contribution in [0.15, 0.2) is 77.9 Å². The van der Waals surface area contributed by atoms with Crippen LogP contribution in [0, 0.1) is 5.82 Å². The van der Waals surface area contributed by atoms with Gasteiger partial charge in [0, 0.05) is 43.0 Å². The minimum Gasteiger partial charge on any atom is -0.483 e. The number of hydrogen-bond acceptors (Lipinski definition) is 6. The van der Waals surface area contributed by atoms with E-state index in [0.29, 0.717) is 25.4 Å². The molecule has 0 spiro atoms. The van der Waals surface area contributed by atoms with Crippen LogP contribution in [-0.4, -0.2) is 45.9 Å². The first-order chi connectivity index (χ1) is 18.6. The van der Waals surface area contributed by atoms with Crippen LogP contribution < -0.4 is 4.74 Å². The quantitative estimate of drug-likeness (QED) is 0.261. The predicted octanol–water partition coefficient (Wildman–Crippen LogP) is 6.11. The van der Waals surface area contributed by atoms with Gasteiger partial charge in [-0.3, -0.25) is 14.7 Å². The van der Waals surface area contributed by atoms with Gasteiger partial charge in [-0.1, -0.05) is 24.3 Å². The maximum atomic E-state index is 13.5. The fourth-order valence-corrected chi connectivity index (χ4v) is 5.53. The highest BCUT2D eigenvalue weighted by atomic mass is 32.1. The summed E-state index contributed by atoms with van der Waals surface area (Å²) in [5.74, 6) is 0.380. The second-order valence-electron chi connectivity index (χ2n) is 9.66. The lowest BCUT2D eigenvalue weighted by Crippen LogP contribution is -2.41. The Morgan fingerprint density at radius 3 is 2.74 bits per heavy atom. The monoisotopic (exact) mass is 530 g/mol. The number of piperidine rings is 1. The molecule has 1 atom stereocenters. The molecule has 0 aliphatic carbocycles. The Morgan fingerprint density at radius 2 is 1.97 bits per heavy atom. The number of carbonyl (C=O) groups excluding carboxylic acids is 1. The van der Waals surface area contributed by atoms with Gasteiger partial charge < -0.3 is 9.64 Å². The molecular formula is C30H31FN4O2S. The molecule has 0 saturated carbocycles. The average molecular weight is 531 g/mol. The van der Waals surface area contributed by atoms with E-state index in [2.05, 4.69) is 20.9 Å². The van der Waals surface area contributed by atoms with Gasteiger partial charge in [0.05, 0.1) is 17.2 Å². The van der Waals surface area contributed by atoms with Crippen LogP contribution in [0.5, 0.6) is 5.75 Å². The lowest BCUT2D eigenvalue weighted by atomic mass is 9.96. The molecule has 38 heavy (non-hydrogen) atoms. The molecule has 1 aliphatic heterocycles. The van der Waals surface area contributed by atoms with Crippen LogP contribution in [0.3, 0.4) is 0 Å². The van der Waals surface area contributed by atoms with Crippen LogP contribution >= 0.6 is 11.3 Å². The molecule has 1 saturated heterocycles. The number of rotatable bonds is 9. The molecular weight excluding hydrogens is 499 g/mol. The van der Waals surface area contributed by atoms with E-state index in [9.17, 15) is 9.18 Å². The third-order valence-corrected chi connectivity index (χ3v) is 7.47. The van der Waals surface area contributed by atoms with Gasteiger partial charge in [-0.25, -0.2) is 9.37 Å². The number of pyridine rings is 1. The van der Waals surface area contributed by atoms with Gasteiger partial charge >= 0.3 is 0 Å². The molecule has 8 heteroatoms. The number of ether oxygens (including phenoxy) is 1. The van der Waals surface area contributed by atoms with Crippen LogP contribution in [0.25, 0.3) is 11.1 Å². The van der Waals surface area contributed by atoms with Crippen molar-refractivity contribution in [2.75, 3.05) is 20.2 Å². The summed E-state index contributed by atoms with van der Waals surface area (Å²) in [4.78, 5) is 26.1. The zero-order valence-electron chi connectivity index (χ0n) is 21.4. The maximum Gasteiger partial charge on any atom is 0.261 e. The molecule has 5 rings (SSSR count). The molecule has 1 amide bonds. The van der Waals surface area contributed by atoms with E-state index in [1.165, 1.54) is 12.1 Å². The van der Waals surface area contributed by atoms with Crippen molar-refractivity contribution in [2.45, 2.75) is 38.4 Å². The number of nitrogens with zero attached hydrogens (tertiary/aromatic N) is 4. The summed E-state index contributed by atoms with van der Waals surface area (Å²) in [6.07, 6.45) is 6.61. The molecule has 2 aromatic heterocycles. The highest BCUT2D eigenvalue weighted by Gasteiger charge is 2.28. The average Bonchev–Trinajstić information content (AvgIpc) is 3.46. The predicted molar refractivity (Wildman–Crippen MR) is 147 cm³/mol. The Morgan fingerprint density at radius 1 is 1.13 bits per heavy atom. The zero-order valence-corrected chi connectivity index (χ0v) is 22.2. The Labute approximate surface area is 226 Å². The maximum absolute atomic E-state index is 13.5. The van der Waals surface area contributed by atoms with E-state index in [0.717, 1.165) is 47.2 Å². The van der Waals surface area contributed by atoms with Gasteiger partial charge in [0.1, 0.15) is 11.6 Å². The number of carbonyl (C=O) groups is 1. The normalized spacial score (nSPS) is 15.6. The summed E-state index contributed by atoms with van der Waals surface area (Å²) in [7, 11) is 2.03. The topological polar surface area (TPSA) is 58.6 Å². The Bertz CT molecular complexity index is 1330. The van der Waals surface area contributed by atoms with Gasteiger partial charge in [0.2, 0.25) is 0 Å². The lowest BCUT2D eigenvalue weighted by Gasteiger charge is -2.36. The van der Waals surface area contributed by atoms with Crippen molar-refractivity contribution in [3.8, 4) is 16.9 Å². The van der Waals surface area contributed by atoms with E-state index in [1.54, 1.807) is 29.7 Å². The van der Waals surface area contributed by atoms with Gasteiger partial charge in [0.15, 0.2) is 6.61 Å². The number of thiazole rings is 1. The molecule has 0 N–H and O–H groups in total. The van der Waals surface area contributed by atoms with E-state index in [4.69, 9.17) is 4.74 Å². The largest absolute Gasteiger partial charge is 0.483 e. The van der Waals surface area contributed by atoms with E-state index in [1.807, 2.05) is 53.3 Å². The van der Waals surface area contributed by atoms with Crippen molar-refractivity contribution >= 4 is 17.2 Å². The molecule has 3 heterocycles. The minimum absolute atomic E-state index is 0.0251. The highest BCUT2D eigenvalue weighted by Crippen LogP contribution is 2.32. The van der Waals surface area contributed by atoms with Crippen molar-refractivity contribution in [2.24, 2.45) is 0 Å². The number of likely N-dealkylation sites (tertiary alicyclic amines) is 1. The zero-order chi connectivity index (χ0) is 26.3. The standard InChI is InChI=1S/C30H31FN4O2S/c1-34(18-27-20-38-21-33-27)17-25-15-23(22-7-10-26(31)11-8-22)9-12-29(25)37-19-30(36)35-14-3-2-6-28(35)24-5-4-13-32-16-24/h4-5,7-13,15-16,20-21,28H,2-3,6,14,17-19H2,1H3. The molecule has 2 aromatic carbocycles. The first kappa shape index (κ1) is 26.0. The first-order valence-corrected chi connectivity index (χ1v) is 13.8. The Balaban J connectivity index is 1.34. The third-order valence-electron chi connectivity index (χ3n) is 6.84. The number of amides is 1. The molecule has 1 fully saturated rings. The van der Waals surface area contributed by atoms with Crippen molar-refractivity contribution in [3.63, 3.8) is 0 Å². The second kappa shape index (κ2) is 12.3. The molecule has 0 radical (unpaired) electrons. The van der Waals surface area contributed by atoms with Crippen LogP contribution in [0.4, 0.5) is 4.39 Å². The summed E-state index contributed by atoms with van der Waals surface area (Å²) >= 11 is 1.58. The van der Waals surface area contributed by atoms with Gasteiger partial charge in [-0.05, 0) is 73.3 Å². The highest BCUT2D eigenvalue weighted by molar-refractivity contribution is 7.07. The van der Waals surface area contributed by atoms with E-state index in [-0.39, 0.29) is 24.4 Å². The summed E-state index contributed by atoms with van der Waals surface area (Å²) in [6, 6.07) is 16.4. The summed E-state index contributed by atoms with van der Waals surface area (Å²) in [5.41, 5.74) is 6.75. The number of aromatic nitrogens is 2. The molecule has 6 nitrogen and oxygen atoms in total. The fraction of sp³-hybridized carbons (Fsp3) is 0.300. The molecule has 1 aliphatic rings. The van der Waals surface area contributed by atoms with Crippen LogP contribution in [0.1, 0.15) is 42.1 Å². The van der Waals surface area contributed by atoms with Crippen LogP contribution in [-0.2, 0) is 17.9 Å². The molecule has 196 valence electrons. The number of hydrogen-bond donors (Lipinski definition) is 0. The first-order valence-electron chi connectivity index (χ1n) is 12.8. The van der Waals surface area contributed by atoms with Crippen molar-refractivity contribution in [1.82, 2.24) is 19.8 Å².